The van der Waals surface area contributed by atoms with Crippen molar-refractivity contribution in [2.24, 2.45) is 0 Å². The lowest BCUT2D eigenvalue weighted by atomic mass is 9.66. The summed E-state index contributed by atoms with van der Waals surface area (Å²) < 4.78 is 12.7. The van der Waals surface area contributed by atoms with Gasteiger partial charge in [0.15, 0.2) is 0 Å². The van der Waals surface area contributed by atoms with Crippen molar-refractivity contribution in [3.63, 3.8) is 0 Å². The minimum atomic E-state index is -0.184. The van der Waals surface area contributed by atoms with Gasteiger partial charge in [0.1, 0.15) is 5.82 Å². The Bertz CT molecular complexity index is 281. The quantitative estimate of drug-likeness (QED) is 0.470. The van der Waals surface area contributed by atoms with Crippen molar-refractivity contribution in [1.82, 2.24) is 0 Å². The largest absolute Gasteiger partial charge is 0.291 e. The maximum Gasteiger partial charge on any atom is 0.119 e. The highest BCUT2D eigenvalue weighted by Crippen LogP contribution is 1.98. The highest BCUT2D eigenvalue weighted by atomic mass is 19.1. The Labute approximate surface area is 73.4 Å². The molecule has 0 atom stereocenters. The summed E-state index contributed by atoms with van der Waals surface area (Å²) in [5.41, 5.74) is 2.05. The molecule has 2 radical (unpaired) electrons. The maximum atomic E-state index is 12.7. The van der Waals surface area contributed by atoms with Crippen molar-refractivity contribution < 1.29 is 4.39 Å². The van der Waals surface area contributed by atoms with Gasteiger partial charge in [0.2, 0.25) is 0 Å². The van der Waals surface area contributed by atoms with Crippen molar-refractivity contribution in [1.29, 1.82) is 0 Å². The first-order valence-electron chi connectivity index (χ1n) is 3.94. The molecule has 2 heteroatoms. The molecule has 0 fully saturated rings. The summed E-state index contributed by atoms with van der Waals surface area (Å²) in [6, 6.07) is 4.80. The van der Waals surface area contributed by atoms with Gasteiger partial charge in [-0.05, 0) is 13.0 Å². The molecule has 0 heterocycles. The van der Waals surface area contributed by atoms with Gasteiger partial charge in [-0.1, -0.05) is 17.7 Å². The molecule has 12 heavy (non-hydrogen) atoms. The van der Waals surface area contributed by atoms with Gasteiger partial charge in [-0.25, -0.2) is 10.7 Å². The number of benzene rings is 1. The molecule has 0 N–H and O–H groups in total. The maximum absolute atomic E-state index is 12.7. The van der Waals surface area contributed by atoms with Gasteiger partial charge in [-0.15, -0.1) is 12.7 Å². The van der Waals surface area contributed by atoms with Crippen LogP contribution in [0.5, 0.6) is 0 Å². The smallest absolute Gasteiger partial charge is 0.119 e. The van der Waals surface area contributed by atoms with E-state index >= 15 is 0 Å². The van der Waals surface area contributed by atoms with Crippen LogP contribution in [-0.4, -0.2) is 7.28 Å². The van der Waals surface area contributed by atoms with E-state index < -0.39 is 0 Å². The molecule has 0 nitrogen and oxygen atoms in total. The SMILES string of the molecule is C=CC[B-]c1cc(F)ccc1C. The molecule has 0 bridgehead atoms. The zero-order valence-electron chi connectivity index (χ0n) is 7.18. The Balaban J connectivity index is 2.82. The van der Waals surface area contributed by atoms with Gasteiger partial charge in [-0.3, -0.25) is 12.7 Å². The molecule has 0 saturated carbocycles. The van der Waals surface area contributed by atoms with Gasteiger partial charge in [-0.2, -0.15) is 0 Å². The van der Waals surface area contributed by atoms with Crippen molar-refractivity contribution in [2.75, 3.05) is 0 Å². The molecule has 0 aliphatic carbocycles. The predicted octanol–water partition coefficient (Wildman–Crippen LogP) is 2.07. The molecular weight excluding hydrogens is 150 g/mol. The number of allylic oxidation sites excluding steroid dienone is 1. The lowest BCUT2D eigenvalue weighted by Gasteiger charge is -2.16. The van der Waals surface area contributed by atoms with Crippen molar-refractivity contribution in [3.8, 4) is 0 Å². The monoisotopic (exact) mass is 161 g/mol. The molecular formula is C10H11BF-. The molecule has 62 valence electrons. The van der Waals surface area contributed by atoms with Crippen molar-refractivity contribution in [3.05, 3.63) is 42.2 Å². The lowest BCUT2D eigenvalue weighted by molar-refractivity contribution is 0.628. The topological polar surface area (TPSA) is 0 Å². The minimum absolute atomic E-state index is 0.184. The fraction of sp³-hybridized carbons (Fsp3) is 0.200. The number of rotatable bonds is 3. The van der Waals surface area contributed by atoms with Crippen LogP contribution in [0.4, 0.5) is 4.39 Å². The number of hydrogen-bond acceptors (Lipinski definition) is 0. The van der Waals surface area contributed by atoms with E-state index in [9.17, 15) is 4.39 Å². The Morgan fingerprint density at radius 1 is 1.58 bits per heavy atom. The number of hydrogen-bond donors (Lipinski definition) is 0. The Kier molecular flexibility index (Phi) is 3.09. The predicted molar refractivity (Wildman–Crippen MR) is 51.5 cm³/mol. The van der Waals surface area contributed by atoms with Crippen LogP contribution in [0, 0.1) is 12.7 Å². The van der Waals surface area contributed by atoms with Crippen molar-refractivity contribution in [2.45, 2.75) is 13.2 Å². The van der Waals surface area contributed by atoms with Crippen LogP contribution in [-0.2, 0) is 0 Å². The Morgan fingerprint density at radius 2 is 2.33 bits per heavy atom. The van der Waals surface area contributed by atoms with E-state index in [2.05, 4.69) is 6.58 Å². The fourth-order valence-corrected chi connectivity index (χ4v) is 1.04. The summed E-state index contributed by atoms with van der Waals surface area (Å²) in [6.45, 7) is 5.57. The summed E-state index contributed by atoms with van der Waals surface area (Å²) in [5, 5.41) is 0. The van der Waals surface area contributed by atoms with E-state index in [-0.39, 0.29) is 5.82 Å². The molecule has 1 rings (SSSR count). The first-order valence-corrected chi connectivity index (χ1v) is 3.94. The zero-order chi connectivity index (χ0) is 8.97. The number of halogens is 1. The second-order valence-electron chi connectivity index (χ2n) is 2.73. The summed E-state index contributed by atoms with van der Waals surface area (Å²) in [4.78, 5) is 0. The van der Waals surface area contributed by atoms with E-state index in [0.29, 0.717) is 0 Å². The second kappa shape index (κ2) is 4.10. The highest BCUT2D eigenvalue weighted by molar-refractivity contribution is 6.54. The van der Waals surface area contributed by atoms with E-state index in [1.807, 2.05) is 14.2 Å². The second-order valence-corrected chi connectivity index (χ2v) is 2.73. The summed E-state index contributed by atoms with van der Waals surface area (Å²) in [6.07, 6.45) is 2.58. The van der Waals surface area contributed by atoms with E-state index in [0.717, 1.165) is 17.3 Å². The molecule has 0 aliphatic rings. The standard InChI is InChI=1S/C10H11BF/c1-3-6-11-10-7-9(12)5-4-8(10)2/h3-5,7H,1,6H2,2H3/q-1. The van der Waals surface area contributed by atoms with Gasteiger partial charge in [0, 0.05) is 0 Å². The van der Waals surface area contributed by atoms with Crippen molar-refractivity contribution >= 4 is 12.7 Å². The van der Waals surface area contributed by atoms with Gasteiger partial charge < -0.3 is 0 Å². The highest BCUT2D eigenvalue weighted by Gasteiger charge is 1.88. The van der Waals surface area contributed by atoms with Crippen LogP contribution in [0.1, 0.15) is 5.56 Å². The van der Waals surface area contributed by atoms with Gasteiger partial charge >= 0.3 is 0 Å². The molecule has 0 aromatic heterocycles. The van der Waals surface area contributed by atoms with E-state index in [4.69, 9.17) is 0 Å². The van der Waals surface area contributed by atoms with Gasteiger partial charge in [0.25, 0.3) is 0 Å². The average molecular weight is 161 g/mol. The normalized spacial score (nSPS) is 9.83. The van der Waals surface area contributed by atoms with E-state index in [1.54, 1.807) is 18.2 Å². The first-order chi connectivity index (χ1) is 5.74. The van der Waals surface area contributed by atoms with Crippen LogP contribution in [0.25, 0.3) is 0 Å². The molecule has 0 aliphatic heterocycles. The van der Waals surface area contributed by atoms with Crippen LogP contribution >= 0.6 is 0 Å². The summed E-state index contributed by atoms with van der Waals surface area (Å²) >= 11 is 0. The molecule has 0 unspecified atom stereocenters. The third kappa shape index (κ3) is 2.23. The van der Waals surface area contributed by atoms with Crippen LogP contribution in [0.15, 0.2) is 30.9 Å². The summed E-state index contributed by atoms with van der Waals surface area (Å²) in [7, 11) is 1.96. The molecule has 0 spiro atoms. The summed E-state index contributed by atoms with van der Waals surface area (Å²) in [5.74, 6) is -0.184. The third-order valence-corrected chi connectivity index (χ3v) is 1.75. The zero-order valence-corrected chi connectivity index (χ0v) is 7.18. The Morgan fingerprint density at radius 3 is 3.00 bits per heavy atom. The molecule has 0 amide bonds. The first kappa shape index (κ1) is 9.05. The Hall–Kier alpha value is -1.05. The van der Waals surface area contributed by atoms with Crippen LogP contribution in [0.2, 0.25) is 6.32 Å². The van der Waals surface area contributed by atoms with Crippen LogP contribution in [0.3, 0.4) is 0 Å². The minimum Gasteiger partial charge on any atom is -0.291 e. The molecule has 1 aromatic rings. The van der Waals surface area contributed by atoms with Crippen LogP contribution < -0.4 is 5.46 Å². The average Bonchev–Trinajstić information content (AvgIpc) is 2.07. The lowest BCUT2D eigenvalue weighted by Crippen LogP contribution is -2.16. The molecule has 0 saturated heterocycles. The fourth-order valence-electron chi connectivity index (χ4n) is 1.04. The molecule has 1 aromatic carbocycles. The van der Waals surface area contributed by atoms with Gasteiger partial charge in [0.05, 0.1) is 0 Å². The number of aryl methyl sites for hydroxylation is 1. The van der Waals surface area contributed by atoms with E-state index in [1.165, 1.54) is 6.07 Å². The third-order valence-electron chi connectivity index (χ3n) is 1.75.